The van der Waals surface area contributed by atoms with E-state index in [-0.39, 0.29) is 0 Å². The highest BCUT2D eigenvalue weighted by Gasteiger charge is 2.37. The minimum Gasteiger partial charge on any atom is -0.350 e. The molecule has 0 aliphatic rings. The maximum Gasteiger partial charge on any atom is 0.171 e. The lowest BCUT2D eigenvalue weighted by Gasteiger charge is -2.39. The number of hydrogen-bond acceptors (Lipinski definition) is 3. The lowest BCUT2D eigenvalue weighted by atomic mass is 9.91. The Morgan fingerprint density at radius 2 is 1.40 bits per heavy atom. The van der Waals surface area contributed by atoms with E-state index in [9.17, 15) is 0 Å². The molecule has 0 spiro atoms. The van der Waals surface area contributed by atoms with Gasteiger partial charge in [-0.15, -0.1) is 0 Å². The molecule has 0 saturated carbocycles. The van der Waals surface area contributed by atoms with Crippen LogP contribution >= 0.6 is 12.6 Å². The van der Waals surface area contributed by atoms with Gasteiger partial charge >= 0.3 is 0 Å². The standard InChI is InChI=1S/C17H36O2S/c1-5-9-10-11-12-13-14-16(15-20)17(6-2,18-7-3)19-8-4/h16,20H,5-15H2,1-4H3. The maximum atomic E-state index is 6.00. The Bertz CT molecular complexity index is 203. The molecule has 2 nitrogen and oxygen atoms in total. The molecule has 0 aromatic heterocycles. The predicted octanol–water partition coefficient (Wildman–Crippen LogP) is 5.46. The van der Waals surface area contributed by atoms with E-state index in [4.69, 9.17) is 9.47 Å². The second-order valence-electron chi connectivity index (χ2n) is 5.47. The predicted molar refractivity (Wildman–Crippen MR) is 91.6 cm³/mol. The number of hydrogen-bond donors (Lipinski definition) is 1. The van der Waals surface area contributed by atoms with E-state index < -0.39 is 5.79 Å². The van der Waals surface area contributed by atoms with Crippen molar-refractivity contribution < 1.29 is 9.47 Å². The summed E-state index contributed by atoms with van der Waals surface area (Å²) in [6.45, 7) is 9.91. The molecule has 0 radical (unpaired) electrons. The van der Waals surface area contributed by atoms with Gasteiger partial charge in [-0.05, 0) is 32.4 Å². The van der Waals surface area contributed by atoms with Crippen LogP contribution in [0.1, 0.15) is 79.1 Å². The maximum absolute atomic E-state index is 6.00. The molecule has 0 heterocycles. The van der Waals surface area contributed by atoms with Gasteiger partial charge in [-0.3, -0.25) is 0 Å². The molecule has 3 heteroatoms. The van der Waals surface area contributed by atoms with Gasteiger partial charge in [0.1, 0.15) is 0 Å². The van der Waals surface area contributed by atoms with E-state index in [1.54, 1.807) is 0 Å². The van der Waals surface area contributed by atoms with Crippen LogP contribution in [0.5, 0.6) is 0 Å². The Morgan fingerprint density at radius 3 is 1.85 bits per heavy atom. The molecule has 0 aliphatic carbocycles. The van der Waals surface area contributed by atoms with Crippen LogP contribution in [-0.2, 0) is 9.47 Å². The summed E-state index contributed by atoms with van der Waals surface area (Å²) in [5.74, 6) is 0.805. The molecule has 20 heavy (non-hydrogen) atoms. The van der Waals surface area contributed by atoms with Crippen LogP contribution in [-0.4, -0.2) is 24.8 Å². The zero-order valence-electron chi connectivity index (χ0n) is 14.1. The first kappa shape index (κ1) is 20.3. The minimum absolute atomic E-state index is 0.391. The van der Waals surface area contributed by atoms with E-state index in [0.717, 1.165) is 18.6 Å². The van der Waals surface area contributed by atoms with Gasteiger partial charge < -0.3 is 9.47 Å². The molecule has 0 saturated heterocycles. The molecular weight excluding hydrogens is 268 g/mol. The average Bonchev–Trinajstić information content (AvgIpc) is 2.46. The summed E-state index contributed by atoms with van der Waals surface area (Å²) < 4.78 is 12.0. The second-order valence-corrected chi connectivity index (χ2v) is 5.83. The summed E-state index contributed by atoms with van der Waals surface area (Å²) >= 11 is 4.55. The third-order valence-electron chi connectivity index (χ3n) is 4.02. The molecule has 0 N–H and O–H groups in total. The summed E-state index contributed by atoms with van der Waals surface area (Å²) in [7, 11) is 0. The van der Waals surface area contributed by atoms with E-state index >= 15 is 0 Å². The molecule has 0 fully saturated rings. The van der Waals surface area contributed by atoms with Crippen molar-refractivity contribution in [3.05, 3.63) is 0 Å². The van der Waals surface area contributed by atoms with Gasteiger partial charge in [-0.25, -0.2) is 0 Å². The second kappa shape index (κ2) is 13.0. The molecule has 0 rings (SSSR count). The Labute approximate surface area is 132 Å². The fourth-order valence-corrected chi connectivity index (χ4v) is 3.34. The molecule has 0 aliphatic heterocycles. The first-order valence-corrected chi connectivity index (χ1v) is 9.22. The number of thiol groups is 1. The summed E-state index contributed by atoms with van der Waals surface area (Å²) in [6.07, 6.45) is 10.0. The smallest absolute Gasteiger partial charge is 0.171 e. The van der Waals surface area contributed by atoms with Gasteiger partial charge in [-0.1, -0.05) is 52.4 Å². The number of rotatable bonds is 14. The molecule has 1 unspecified atom stereocenters. The van der Waals surface area contributed by atoms with Gasteiger partial charge in [0.2, 0.25) is 0 Å². The fraction of sp³-hybridized carbons (Fsp3) is 1.00. The number of unbranched alkanes of at least 4 members (excludes halogenated alkanes) is 5. The van der Waals surface area contributed by atoms with Crippen molar-refractivity contribution in [3.8, 4) is 0 Å². The summed E-state index contributed by atoms with van der Waals surface area (Å²) in [6, 6.07) is 0. The van der Waals surface area contributed by atoms with Crippen molar-refractivity contribution in [3.63, 3.8) is 0 Å². The van der Waals surface area contributed by atoms with Crippen LogP contribution in [0, 0.1) is 5.92 Å². The van der Waals surface area contributed by atoms with Crippen LogP contribution in [0.15, 0.2) is 0 Å². The van der Waals surface area contributed by atoms with Crippen molar-refractivity contribution in [2.75, 3.05) is 19.0 Å². The first-order chi connectivity index (χ1) is 9.70. The van der Waals surface area contributed by atoms with Gasteiger partial charge in [-0.2, -0.15) is 12.6 Å². The van der Waals surface area contributed by atoms with Gasteiger partial charge in [0, 0.05) is 19.1 Å². The highest BCUT2D eigenvalue weighted by Crippen LogP contribution is 2.33. The Hall–Kier alpha value is 0.270. The van der Waals surface area contributed by atoms with Gasteiger partial charge in [0.15, 0.2) is 5.79 Å². The first-order valence-electron chi connectivity index (χ1n) is 8.59. The summed E-state index contributed by atoms with van der Waals surface area (Å²) in [5, 5.41) is 0. The molecule has 1 atom stereocenters. The van der Waals surface area contributed by atoms with Crippen LogP contribution in [0.2, 0.25) is 0 Å². The number of ether oxygens (including phenoxy) is 2. The Balaban J connectivity index is 4.28. The van der Waals surface area contributed by atoms with Crippen LogP contribution in [0.25, 0.3) is 0 Å². The third-order valence-corrected chi connectivity index (χ3v) is 4.46. The molecule has 0 aromatic rings. The Morgan fingerprint density at radius 1 is 0.850 bits per heavy atom. The largest absolute Gasteiger partial charge is 0.350 e. The zero-order valence-corrected chi connectivity index (χ0v) is 15.0. The monoisotopic (exact) mass is 304 g/mol. The SMILES string of the molecule is CCCCCCCCC(CS)C(CC)(OCC)OCC. The molecule has 0 amide bonds. The van der Waals surface area contributed by atoms with Crippen molar-refractivity contribution in [2.45, 2.75) is 84.8 Å². The van der Waals surface area contributed by atoms with Crippen molar-refractivity contribution >= 4 is 12.6 Å². The van der Waals surface area contributed by atoms with E-state index in [0.29, 0.717) is 19.1 Å². The van der Waals surface area contributed by atoms with Crippen molar-refractivity contribution in [2.24, 2.45) is 5.92 Å². The summed E-state index contributed by atoms with van der Waals surface area (Å²) in [4.78, 5) is 0. The highest BCUT2D eigenvalue weighted by atomic mass is 32.1. The van der Waals surface area contributed by atoms with Crippen LogP contribution in [0.3, 0.4) is 0 Å². The molecule has 0 aromatic carbocycles. The quantitative estimate of drug-likeness (QED) is 0.261. The van der Waals surface area contributed by atoms with Gasteiger partial charge in [0.25, 0.3) is 0 Å². The molecule has 0 bridgehead atoms. The normalized spacial score (nSPS) is 13.7. The Kier molecular flexibility index (Phi) is 13.1. The van der Waals surface area contributed by atoms with E-state index in [1.807, 2.05) is 13.8 Å². The minimum atomic E-state index is -0.422. The van der Waals surface area contributed by atoms with E-state index in [2.05, 4.69) is 26.5 Å². The highest BCUT2D eigenvalue weighted by molar-refractivity contribution is 7.80. The third kappa shape index (κ3) is 7.33. The van der Waals surface area contributed by atoms with Crippen molar-refractivity contribution in [1.82, 2.24) is 0 Å². The van der Waals surface area contributed by atoms with Gasteiger partial charge in [0.05, 0.1) is 0 Å². The zero-order chi connectivity index (χ0) is 15.3. The van der Waals surface area contributed by atoms with Crippen molar-refractivity contribution in [1.29, 1.82) is 0 Å². The summed E-state index contributed by atoms with van der Waals surface area (Å²) in [5.41, 5.74) is 0. The van der Waals surface area contributed by atoms with E-state index in [1.165, 1.54) is 38.5 Å². The van der Waals surface area contributed by atoms with Crippen LogP contribution in [0.4, 0.5) is 0 Å². The average molecular weight is 305 g/mol. The van der Waals surface area contributed by atoms with Crippen LogP contribution < -0.4 is 0 Å². The molecular formula is C17H36O2S. The topological polar surface area (TPSA) is 18.5 Å². The lowest BCUT2D eigenvalue weighted by molar-refractivity contribution is -0.262. The lowest BCUT2D eigenvalue weighted by Crippen LogP contribution is -2.44. The molecule has 122 valence electrons. The fourth-order valence-electron chi connectivity index (χ4n) is 2.88.